The summed E-state index contributed by atoms with van der Waals surface area (Å²) in [6.07, 6.45) is 2.51. The summed E-state index contributed by atoms with van der Waals surface area (Å²) in [5.74, 6) is -0.228. The van der Waals surface area contributed by atoms with Crippen LogP contribution in [0.3, 0.4) is 0 Å². The van der Waals surface area contributed by atoms with Crippen molar-refractivity contribution in [2.24, 2.45) is 5.41 Å². The van der Waals surface area contributed by atoms with E-state index < -0.39 is 0 Å². The van der Waals surface area contributed by atoms with Crippen LogP contribution in [0.25, 0.3) is 0 Å². The summed E-state index contributed by atoms with van der Waals surface area (Å²) in [4.78, 5) is 11.2. The molecule has 0 unspecified atom stereocenters. The molecule has 0 N–H and O–H groups in total. The van der Waals surface area contributed by atoms with Gasteiger partial charge in [0.2, 0.25) is 0 Å². The molecule has 0 aliphatic heterocycles. The van der Waals surface area contributed by atoms with E-state index in [-0.39, 0.29) is 11.4 Å². The maximum absolute atomic E-state index is 11.2. The molecule has 13 heavy (non-hydrogen) atoms. The number of esters is 1. The zero-order valence-electron chi connectivity index (χ0n) is 9.31. The van der Waals surface area contributed by atoms with Crippen molar-refractivity contribution in [3.8, 4) is 0 Å². The first-order valence-electron chi connectivity index (χ1n) is 4.79. The SMILES string of the molecule is CCOC(=O)C=C(CC)C(C)(C)C. The number of hydrogen-bond acceptors (Lipinski definition) is 2. The lowest BCUT2D eigenvalue weighted by molar-refractivity contribution is -0.137. The third kappa shape index (κ3) is 4.71. The Morgan fingerprint density at radius 2 is 1.85 bits per heavy atom. The minimum atomic E-state index is -0.228. The lowest BCUT2D eigenvalue weighted by Crippen LogP contribution is -2.12. The molecular weight excluding hydrogens is 164 g/mol. The second-order valence-electron chi connectivity index (χ2n) is 4.03. The van der Waals surface area contributed by atoms with Crippen molar-refractivity contribution in [2.45, 2.75) is 41.0 Å². The average Bonchev–Trinajstić information content (AvgIpc) is 1.98. The fourth-order valence-corrected chi connectivity index (χ4v) is 1.18. The van der Waals surface area contributed by atoms with Gasteiger partial charge in [0, 0.05) is 6.08 Å². The molecule has 0 rings (SSSR count). The van der Waals surface area contributed by atoms with Gasteiger partial charge >= 0.3 is 5.97 Å². The molecule has 2 heteroatoms. The van der Waals surface area contributed by atoms with Gasteiger partial charge in [-0.2, -0.15) is 0 Å². The van der Waals surface area contributed by atoms with Crippen LogP contribution in [-0.2, 0) is 9.53 Å². The zero-order valence-corrected chi connectivity index (χ0v) is 9.31. The Hall–Kier alpha value is -0.790. The number of carbonyl (C=O) groups excluding carboxylic acids is 1. The highest BCUT2D eigenvalue weighted by atomic mass is 16.5. The molecule has 0 aliphatic rings. The summed E-state index contributed by atoms with van der Waals surface area (Å²) in [5, 5.41) is 0. The van der Waals surface area contributed by atoms with Crippen molar-refractivity contribution in [2.75, 3.05) is 6.61 Å². The van der Waals surface area contributed by atoms with Crippen molar-refractivity contribution in [1.29, 1.82) is 0 Å². The third-order valence-electron chi connectivity index (χ3n) is 1.92. The molecule has 0 aromatic heterocycles. The van der Waals surface area contributed by atoms with E-state index in [1.165, 1.54) is 0 Å². The molecule has 0 aromatic carbocycles. The molecular formula is C11H20O2. The van der Waals surface area contributed by atoms with Crippen molar-refractivity contribution in [1.82, 2.24) is 0 Å². The molecule has 0 spiro atoms. The highest BCUT2D eigenvalue weighted by molar-refractivity contribution is 5.82. The Morgan fingerprint density at radius 3 is 2.15 bits per heavy atom. The molecule has 2 nitrogen and oxygen atoms in total. The molecule has 0 saturated heterocycles. The molecule has 0 aromatic rings. The molecule has 0 bridgehead atoms. The molecule has 0 atom stereocenters. The van der Waals surface area contributed by atoms with Crippen LogP contribution >= 0.6 is 0 Å². The van der Waals surface area contributed by atoms with Crippen molar-refractivity contribution < 1.29 is 9.53 Å². The van der Waals surface area contributed by atoms with Crippen LogP contribution in [-0.4, -0.2) is 12.6 Å². The molecule has 0 heterocycles. The second kappa shape index (κ2) is 5.05. The van der Waals surface area contributed by atoms with E-state index >= 15 is 0 Å². The van der Waals surface area contributed by atoms with Crippen LogP contribution in [0.5, 0.6) is 0 Å². The summed E-state index contributed by atoms with van der Waals surface area (Å²) in [7, 11) is 0. The second-order valence-corrected chi connectivity index (χ2v) is 4.03. The van der Waals surface area contributed by atoms with Gasteiger partial charge < -0.3 is 4.74 Å². The molecule has 0 aliphatic carbocycles. The molecule has 76 valence electrons. The van der Waals surface area contributed by atoms with Gasteiger partial charge in [0.15, 0.2) is 0 Å². The first-order chi connectivity index (χ1) is 5.91. The summed E-state index contributed by atoms with van der Waals surface area (Å²) in [5.41, 5.74) is 1.19. The topological polar surface area (TPSA) is 26.3 Å². The Kier molecular flexibility index (Phi) is 4.74. The monoisotopic (exact) mass is 184 g/mol. The molecule has 0 radical (unpaired) electrons. The number of carbonyl (C=O) groups is 1. The zero-order chi connectivity index (χ0) is 10.5. The van der Waals surface area contributed by atoms with Gasteiger partial charge in [0.25, 0.3) is 0 Å². The van der Waals surface area contributed by atoms with Gasteiger partial charge in [0.1, 0.15) is 0 Å². The predicted octanol–water partition coefficient (Wildman–Crippen LogP) is 2.93. The number of rotatable bonds is 3. The van der Waals surface area contributed by atoms with Crippen LogP contribution in [0.15, 0.2) is 11.6 Å². The standard InChI is InChI=1S/C11H20O2/c1-6-9(11(3,4)5)8-10(12)13-7-2/h8H,6-7H2,1-5H3. The fourth-order valence-electron chi connectivity index (χ4n) is 1.18. The van der Waals surface area contributed by atoms with E-state index in [0.717, 1.165) is 12.0 Å². The maximum atomic E-state index is 11.2. The normalized spacial score (nSPS) is 12.8. The van der Waals surface area contributed by atoms with Gasteiger partial charge in [-0.1, -0.05) is 33.3 Å². The average molecular weight is 184 g/mol. The lowest BCUT2D eigenvalue weighted by Gasteiger charge is -2.21. The van der Waals surface area contributed by atoms with Crippen LogP contribution in [0.1, 0.15) is 41.0 Å². The number of allylic oxidation sites excluding steroid dienone is 1. The number of ether oxygens (including phenoxy) is 1. The van der Waals surface area contributed by atoms with Gasteiger partial charge in [-0.05, 0) is 18.8 Å². The third-order valence-corrected chi connectivity index (χ3v) is 1.92. The Balaban J connectivity index is 4.48. The summed E-state index contributed by atoms with van der Waals surface area (Å²) < 4.78 is 4.85. The molecule has 0 saturated carbocycles. The lowest BCUT2D eigenvalue weighted by atomic mass is 9.85. The highest BCUT2D eigenvalue weighted by Gasteiger charge is 2.16. The van der Waals surface area contributed by atoms with E-state index in [0.29, 0.717) is 6.61 Å². The quantitative estimate of drug-likeness (QED) is 0.498. The minimum Gasteiger partial charge on any atom is -0.463 e. The van der Waals surface area contributed by atoms with Crippen LogP contribution in [0.2, 0.25) is 0 Å². The van der Waals surface area contributed by atoms with Crippen molar-refractivity contribution >= 4 is 5.97 Å². The summed E-state index contributed by atoms with van der Waals surface area (Å²) >= 11 is 0. The van der Waals surface area contributed by atoms with E-state index in [2.05, 4.69) is 27.7 Å². The largest absolute Gasteiger partial charge is 0.463 e. The van der Waals surface area contributed by atoms with E-state index in [1.54, 1.807) is 6.08 Å². The Bertz CT molecular complexity index is 197. The van der Waals surface area contributed by atoms with E-state index in [9.17, 15) is 4.79 Å². The van der Waals surface area contributed by atoms with Crippen LogP contribution in [0, 0.1) is 5.41 Å². The first kappa shape index (κ1) is 12.2. The van der Waals surface area contributed by atoms with Gasteiger partial charge in [-0.3, -0.25) is 0 Å². The van der Waals surface area contributed by atoms with Crippen molar-refractivity contribution in [3.63, 3.8) is 0 Å². The van der Waals surface area contributed by atoms with E-state index in [1.807, 2.05) is 6.92 Å². The highest BCUT2D eigenvalue weighted by Crippen LogP contribution is 2.27. The van der Waals surface area contributed by atoms with Gasteiger partial charge in [-0.15, -0.1) is 0 Å². The maximum Gasteiger partial charge on any atom is 0.330 e. The minimum absolute atomic E-state index is 0.0571. The van der Waals surface area contributed by atoms with Gasteiger partial charge in [-0.25, -0.2) is 4.79 Å². The first-order valence-corrected chi connectivity index (χ1v) is 4.79. The predicted molar refractivity (Wildman–Crippen MR) is 54.5 cm³/mol. The fraction of sp³-hybridized carbons (Fsp3) is 0.727. The molecule has 0 fully saturated rings. The Morgan fingerprint density at radius 1 is 1.31 bits per heavy atom. The summed E-state index contributed by atoms with van der Waals surface area (Å²) in [6.45, 7) is 10.6. The number of hydrogen-bond donors (Lipinski definition) is 0. The van der Waals surface area contributed by atoms with Crippen LogP contribution in [0.4, 0.5) is 0 Å². The smallest absolute Gasteiger partial charge is 0.330 e. The van der Waals surface area contributed by atoms with Crippen LogP contribution < -0.4 is 0 Å². The van der Waals surface area contributed by atoms with Gasteiger partial charge in [0.05, 0.1) is 6.61 Å². The molecule has 0 amide bonds. The summed E-state index contributed by atoms with van der Waals surface area (Å²) in [6, 6.07) is 0. The Labute approximate surface area is 81.0 Å². The van der Waals surface area contributed by atoms with Crippen molar-refractivity contribution in [3.05, 3.63) is 11.6 Å². The van der Waals surface area contributed by atoms with E-state index in [4.69, 9.17) is 4.74 Å².